The highest BCUT2D eigenvalue weighted by Gasteiger charge is 2.16. The van der Waals surface area contributed by atoms with Gasteiger partial charge < -0.3 is 15.5 Å². The molecule has 0 heterocycles. The van der Waals surface area contributed by atoms with Crippen molar-refractivity contribution in [1.29, 1.82) is 0 Å². The van der Waals surface area contributed by atoms with E-state index in [4.69, 9.17) is 5.11 Å². The van der Waals surface area contributed by atoms with Crippen molar-refractivity contribution in [2.24, 2.45) is 0 Å². The minimum Gasteiger partial charge on any atom is -0.394 e. The summed E-state index contributed by atoms with van der Waals surface area (Å²) in [5.41, 5.74) is 1.34. The van der Waals surface area contributed by atoms with Crippen LogP contribution in [0.3, 0.4) is 0 Å². The molecule has 1 aromatic carbocycles. The van der Waals surface area contributed by atoms with Crippen LogP contribution in [-0.4, -0.2) is 40.6 Å². The molecular formula is C11H16N2O4S. The summed E-state index contributed by atoms with van der Waals surface area (Å²) in [6, 6.07) is 4.89. The molecule has 0 aliphatic heterocycles. The van der Waals surface area contributed by atoms with Crippen molar-refractivity contribution in [3.63, 3.8) is 0 Å². The first-order valence-corrected chi connectivity index (χ1v) is 6.56. The molecule has 100 valence electrons. The highest BCUT2D eigenvalue weighted by Crippen LogP contribution is 2.30. The highest BCUT2D eigenvalue weighted by atomic mass is 32.2. The maximum atomic E-state index is 10.8. The Hall–Kier alpha value is -1.31. The molecule has 0 saturated heterocycles. The number of hydrogen-bond acceptors (Lipinski definition) is 6. The van der Waals surface area contributed by atoms with Gasteiger partial charge in [-0.25, -0.2) is 0 Å². The Morgan fingerprint density at radius 2 is 2.28 bits per heavy atom. The minimum atomic E-state index is -0.758. The van der Waals surface area contributed by atoms with Crippen LogP contribution in [0.2, 0.25) is 0 Å². The third-order valence-electron chi connectivity index (χ3n) is 2.35. The van der Waals surface area contributed by atoms with Gasteiger partial charge in [-0.1, -0.05) is 12.1 Å². The lowest BCUT2D eigenvalue weighted by molar-refractivity contribution is -0.384. The van der Waals surface area contributed by atoms with Crippen LogP contribution >= 0.6 is 11.8 Å². The molecule has 0 aliphatic carbocycles. The van der Waals surface area contributed by atoms with Crippen molar-refractivity contribution in [2.75, 3.05) is 24.7 Å². The van der Waals surface area contributed by atoms with Crippen molar-refractivity contribution in [3.8, 4) is 0 Å². The second kappa shape index (κ2) is 7.20. The van der Waals surface area contributed by atoms with Crippen LogP contribution in [0.25, 0.3) is 0 Å². The van der Waals surface area contributed by atoms with Crippen molar-refractivity contribution >= 4 is 23.1 Å². The summed E-state index contributed by atoms with van der Waals surface area (Å²) in [5.74, 6) is 0.928. The zero-order chi connectivity index (χ0) is 13.5. The van der Waals surface area contributed by atoms with Crippen LogP contribution in [0, 0.1) is 10.1 Å². The van der Waals surface area contributed by atoms with Gasteiger partial charge in [-0.3, -0.25) is 10.1 Å². The molecule has 1 unspecified atom stereocenters. The molecule has 3 N–H and O–H groups in total. The van der Waals surface area contributed by atoms with Crippen LogP contribution in [0.15, 0.2) is 18.2 Å². The van der Waals surface area contributed by atoms with Crippen LogP contribution in [0.4, 0.5) is 11.4 Å². The number of rotatable bonds is 7. The number of nitro groups is 1. The van der Waals surface area contributed by atoms with Crippen LogP contribution < -0.4 is 5.32 Å². The predicted octanol–water partition coefficient (Wildman–Crippen LogP) is 1.22. The molecule has 0 aromatic heterocycles. The van der Waals surface area contributed by atoms with E-state index < -0.39 is 11.0 Å². The summed E-state index contributed by atoms with van der Waals surface area (Å²) in [5, 5.41) is 31.6. The Balaban J connectivity index is 2.76. The van der Waals surface area contributed by atoms with Gasteiger partial charge in [0.25, 0.3) is 5.69 Å². The average Bonchev–Trinajstić information content (AvgIpc) is 2.37. The second-order valence-electron chi connectivity index (χ2n) is 3.67. The van der Waals surface area contributed by atoms with Crippen LogP contribution in [-0.2, 0) is 5.75 Å². The maximum absolute atomic E-state index is 10.8. The largest absolute Gasteiger partial charge is 0.394 e. The summed E-state index contributed by atoms with van der Waals surface area (Å²) in [6.45, 7) is -0.277. The number of nitro benzene ring substituents is 1. The van der Waals surface area contributed by atoms with E-state index in [0.29, 0.717) is 17.2 Å². The fourth-order valence-corrected chi connectivity index (χ4v) is 2.46. The van der Waals surface area contributed by atoms with E-state index >= 15 is 0 Å². The van der Waals surface area contributed by atoms with Gasteiger partial charge in [0.2, 0.25) is 0 Å². The first-order chi connectivity index (χ1) is 8.60. The SMILES string of the molecule is CNc1c(CSCC(O)CO)cccc1[N+](=O)[O-]. The van der Waals surface area contributed by atoms with Crippen LogP contribution in [0.1, 0.15) is 5.56 Å². The third kappa shape index (κ3) is 3.86. The van der Waals surface area contributed by atoms with Gasteiger partial charge in [0.15, 0.2) is 0 Å². The molecule has 0 bridgehead atoms. The fourth-order valence-electron chi connectivity index (χ4n) is 1.51. The molecule has 0 amide bonds. The highest BCUT2D eigenvalue weighted by molar-refractivity contribution is 7.98. The monoisotopic (exact) mass is 272 g/mol. The van der Waals surface area contributed by atoms with Gasteiger partial charge in [0, 0.05) is 24.6 Å². The summed E-state index contributed by atoms with van der Waals surface area (Å²) >= 11 is 1.42. The third-order valence-corrected chi connectivity index (χ3v) is 3.49. The Morgan fingerprint density at radius 1 is 1.56 bits per heavy atom. The number of nitrogens with one attached hydrogen (secondary N) is 1. The number of benzene rings is 1. The van der Waals surface area contributed by atoms with E-state index in [1.165, 1.54) is 17.8 Å². The molecule has 0 saturated carbocycles. The molecule has 1 aromatic rings. The van der Waals surface area contributed by atoms with E-state index in [-0.39, 0.29) is 12.3 Å². The van der Waals surface area contributed by atoms with Crippen molar-refractivity contribution in [3.05, 3.63) is 33.9 Å². The molecule has 18 heavy (non-hydrogen) atoms. The number of thioether (sulfide) groups is 1. The normalized spacial score (nSPS) is 12.2. The van der Waals surface area contributed by atoms with E-state index in [1.807, 2.05) is 0 Å². The lowest BCUT2D eigenvalue weighted by atomic mass is 10.1. The standard InChI is InChI=1S/C11H16N2O4S/c1-12-11-8(6-18-7-9(15)5-14)3-2-4-10(11)13(16)17/h2-4,9,12,14-15H,5-7H2,1H3. The Labute approximate surface area is 109 Å². The molecule has 7 heteroatoms. The average molecular weight is 272 g/mol. The summed E-state index contributed by atoms with van der Waals surface area (Å²) in [6.07, 6.45) is -0.758. The first-order valence-electron chi connectivity index (χ1n) is 5.40. The summed E-state index contributed by atoms with van der Waals surface area (Å²) in [4.78, 5) is 10.4. The van der Waals surface area contributed by atoms with Gasteiger partial charge in [-0.05, 0) is 5.56 Å². The quantitative estimate of drug-likeness (QED) is 0.510. The van der Waals surface area contributed by atoms with Gasteiger partial charge in [-0.2, -0.15) is 11.8 Å². The zero-order valence-electron chi connectivity index (χ0n) is 10.00. The second-order valence-corrected chi connectivity index (χ2v) is 4.70. The van der Waals surface area contributed by atoms with E-state index in [2.05, 4.69) is 5.32 Å². The molecule has 1 rings (SSSR count). The van der Waals surface area contributed by atoms with Crippen molar-refractivity contribution in [1.82, 2.24) is 0 Å². The molecule has 6 nitrogen and oxygen atoms in total. The molecular weight excluding hydrogens is 256 g/mol. The molecule has 0 fully saturated rings. The Kier molecular flexibility index (Phi) is 5.90. The number of aliphatic hydroxyl groups excluding tert-OH is 2. The number of para-hydroxylation sites is 1. The lowest BCUT2D eigenvalue weighted by Gasteiger charge is -2.10. The summed E-state index contributed by atoms with van der Waals surface area (Å²) < 4.78 is 0. The van der Waals surface area contributed by atoms with Crippen molar-refractivity contribution in [2.45, 2.75) is 11.9 Å². The summed E-state index contributed by atoms with van der Waals surface area (Å²) in [7, 11) is 1.64. The van der Waals surface area contributed by atoms with E-state index in [0.717, 1.165) is 5.56 Å². The van der Waals surface area contributed by atoms with Gasteiger partial charge in [0.1, 0.15) is 5.69 Å². The molecule has 0 spiro atoms. The van der Waals surface area contributed by atoms with E-state index in [1.54, 1.807) is 19.2 Å². The fraction of sp³-hybridized carbons (Fsp3) is 0.455. The molecule has 1 atom stereocenters. The predicted molar refractivity (Wildman–Crippen MR) is 71.9 cm³/mol. The maximum Gasteiger partial charge on any atom is 0.292 e. The van der Waals surface area contributed by atoms with Crippen molar-refractivity contribution < 1.29 is 15.1 Å². The zero-order valence-corrected chi connectivity index (χ0v) is 10.8. The minimum absolute atomic E-state index is 0.0401. The Morgan fingerprint density at radius 3 is 2.83 bits per heavy atom. The van der Waals surface area contributed by atoms with Gasteiger partial charge in [-0.15, -0.1) is 0 Å². The van der Waals surface area contributed by atoms with Crippen LogP contribution in [0.5, 0.6) is 0 Å². The lowest BCUT2D eigenvalue weighted by Crippen LogP contribution is -2.14. The number of hydrogen-bond donors (Lipinski definition) is 3. The molecule has 0 radical (unpaired) electrons. The Bertz CT molecular complexity index is 414. The number of nitrogens with zero attached hydrogens (tertiary/aromatic N) is 1. The smallest absolute Gasteiger partial charge is 0.292 e. The van der Waals surface area contributed by atoms with Gasteiger partial charge in [0.05, 0.1) is 17.6 Å². The topological polar surface area (TPSA) is 95.6 Å². The number of aliphatic hydroxyl groups is 2. The first kappa shape index (κ1) is 14.7. The van der Waals surface area contributed by atoms with E-state index in [9.17, 15) is 15.2 Å². The number of anilines is 1. The molecule has 0 aliphatic rings. The van der Waals surface area contributed by atoms with Gasteiger partial charge >= 0.3 is 0 Å².